The molecule has 0 aromatic heterocycles. The molecule has 0 aliphatic rings. The molecular formula is C18H23I3N2O6. The lowest BCUT2D eigenvalue weighted by Gasteiger charge is -2.29. The van der Waals surface area contributed by atoms with Gasteiger partial charge in [-0.2, -0.15) is 0 Å². The van der Waals surface area contributed by atoms with Crippen molar-refractivity contribution in [3.63, 3.8) is 0 Å². The highest BCUT2D eigenvalue weighted by atomic mass is 127. The summed E-state index contributed by atoms with van der Waals surface area (Å²) < 4.78 is 6.73. The number of aldehydes is 1. The van der Waals surface area contributed by atoms with Gasteiger partial charge in [-0.15, -0.1) is 0 Å². The van der Waals surface area contributed by atoms with Gasteiger partial charge < -0.3 is 25.2 Å². The summed E-state index contributed by atoms with van der Waals surface area (Å²) in [5, 5.41) is 21.0. The molecule has 0 fully saturated rings. The van der Waals surface area contributed by atoms with Gasteiger partial charge in [0.15, 0.2) is 6.29 Å². The minimum atomic E-state index is -1.09. The molecule has 162 valence electrons. The van der Waals surface area contributed by atoms with E-state index in [0.717, 1.165) is 0 Å². The molecule has 3 N–H and O–H groups in total. The number of hydrogen-bond donors (Lipinski definition) is 3. The zero-order valence-corrected chi connectivity index (χ0v) is 22.6. The molecule has 0 spiro atoms. The van der Waals surface area contributed by atoms with Crippen molar-refractivity contribution in [3.8, 4) is 0 Å². The molecule has 1 rings (SSSR count). The molecule has 2 unspecified atom stereocenters. The number of carbonyl (C=O) groups is 3. The van der Waals surface area contributed by atoms with Crippen LogP contribution in [0.2, 0.25) is 0 Å². The van der Waals surface area contributed by atoms with E-state index in [4.69, 9.17) is 9.84 Å². The summed E-state index contributed by atoms with van der Waals surface area (Å²) in [6.45, 7) is 3.56. The lowest BCUT2D eigenvalue weighted by Crippen LogP contribution is -2.38. The highest BCUT2D eigenvalue weighted by Crippen LogP contribution is 2.37. The topological polar surface area (TPSA) is 116 Å². The Kier molecular flexibility index (Phi) is 11.8. The first-order chi connectivity index (χ1) is 13.6. The fourth-order valence-corrected chi connectivity index (χ4v) is 7.09. The van der Waals surface area contributed by atoms with E-state index in [-0.39, 0.29) is 23.9 Å². The summed E-state index contributed by atoms with van der Waals surface area (Å²) in [5.74, 6) is -0.684. The molecule has 29 heavy (non-hydrogen) atoms. The van der Waals surface area contributed by atoms with Gasteiger partial charge in [-0.1, -0.05) is 6.92 Å². The van der Waals surface area contributed by atoms with E-state index in [1.807, 2.05) is 74.7 Å². The van der Waals surface area contributed by atoms with Crippen molar-refractivity contribution in [3.05, 3.63) is 21.8 Å². The second-order valence-corrected chi connectivity index (χ2v) is 9.67. The summed E-state index contributed by atoms with van der Waals surface area (Å²) in [6, 6.07) is 0. The zero-order valence-electron chi connectivity index (χ0n) is 16.2. The van der Waals surface area contributed by atoms with E-state index in [1.54, 1.807) is 12.0 Å². The predicted molar refractivity (Wildman–Crippen MR) is 134 cm³/mol. The molecule has 11 heteroatoms. The minimum absolute atomic E-state index is 0.0337. The quantitative estimate of drug-likeness (QED) is 0.250. The van der Waals surface area contributed by atoms with Crippen LogP contribution in [0.4, 0.5) is 5.69 Å². The lowest BCUT2D eigenvalue weighted by atomic mass is 10.1. The number of nitrogens with zero attached hydrogens (tertiary/aromatic N) is 1. The zero-order chi connectivity index (χ0) is 22.3. The van der Waals surface area contributed by atoms with Gasteiger partial charge in [-0.05, 0) is 73.7 Å². The summed E-state index contributed by atoms with van der Waals surface area (Å²) in [7, 11) is 1.58. The van der Waals surface area contributed by atoms with E-state index < -0.39 is 18.6 Å². The average Bonchev–Trinajstić information content (AvgIpc) is 2.65. The van der Waals surface area contributed by atoms with Crippen LogP contribution >= 0.6 is 67.8 Å². The van der Waals surface area contributed by atoms with Crippen LogP contribution in [0.1, 0.15) is 34.6 Å². The molecule has 0 aliphatic heterocycles. The molecule has 0 aliphatic carbocycles. The number of methoxy groups -OCH3 is 1. The van der Waals surface area contributed by atoms with Crippen molar-refractivity contribution in [2.45, 2.75) is 20.0 Å². The normalized spacial score (nSPS) is 13.0. The molecule has 0 saturated heterocycles. The Labute approximate surface area is 210 Å². The van der Waals surface area contributed by atoms with Crippen LogP contribution in [0.15, 0.2) is 0 Å². The second-order valence-electron chi connectivity index (χ2n) is 6.43. The van der Waals surface area contributed by atoms with Gasteiger partial charge >= 0.3 is 0 Å². The maximum absolute atomic E-state index is 12.8. The number of anilines is 1. The lowest BCUT2D eigenvalue weighted by molar-refractivity contribution is -0.116. The molecule has 1 aromatic rings. The number of amides is 2. The van der Waals surface area contributed by atoms with Gasteiger partial charge in [0, 0.05) is 39.8 Å². The van der Waals surface area contributed by atoms with E-state index >= 15 is 0 Å². The molecule has 0 heterocycles. The smallest absolute Gasteiger partial charge is 0.253 e. The Hall–Kier alpha value is -0.100. The standard InChI is InChI=1S/C18H23I3N2O6/c1-9(8-29-3)5-23(10(2)26)17-15(20)12(7-25)14(19)13(16(17)21)18(28)22-4-11(27)6-24/h7,9,11,24,27H,4-6,8H2,1-3H3,(H,22,28). The van der Waals surface area contributed by atoms with Gasteiger partial charge in [-0.25, -0.2) is 0 Å². The number of aliphatic hydroxyl groups excluding tert-OH is 2. The Morgan fingerprint density at radius 3 is 2.34 bits per heavy atom. The summed E-state index contributed by atoms with van der Waals surface area (Å²) in [5.41, 5.74) is 1.07. The van der Waals surface area contributed by atoms with Crippen molar-refractivity contribution in [2.24, 2.45) is 5.92 Å². The Bertz CT molecular complexity index is 775. The number of halogens is 3. The van der Waals surface area contributed by atoms with Gasteiger partial charge in [0.2, 0.25) is 5.91 Å². The van der Waals surface area contributed by atoms with E-state index in [1.165, 1.54) is 6.92 Å². The summed E-state index contributed by atoms with van der Waals surface area (Å²) in [6.07, 6.45) is -0.425. The maximum atomic E-state index is 12.8. The van der Waals surface area contributed by atoms with Crippen LogP contribution < -0.4 is 10.2 Å². The largest absolute Gasteiger partial charge is 0.394 e. The van der Waals surface area contributed by atoms with Gasteiger partial charge in [0.25, 0.3) is 5.91 Å². The Morgan fingerprint density at radius 1 is 1.24 bits per heavy atom. The third-order valence-electron chi connectivity index (χ3n) is 3.98. The van der Waals surface area contributed by atoms with Crippen LogP contribution in [0.3, 0.4) is 0 Å². The monoisotopic (exact) mass is 744 g/mol. The molecular weight excluding hydrogens is 721 g/mol. The third-order valence-corrected chi connectivity index (χ3v) is 7.24. The molecule has 0 radical (unpaired) electrons. The minimum Gasteiger partial charge on any atom is -0.394 e. The predicted octanol–water partition coefficient (Wildman–Crippen LogP) is 2.03. The number of nitrogens with one attached hydrogen (secondary N) is 1. The fourth-order valence-electron chi connectivity index (χ4n) is 2.60. The first kappa shape index (κ1) is 26.9. The Morgan fingerprint density at radius 2 is 1.86 bits per heavy atom. The highest BCUT2D eigenvalue weighted by molar-refractivity contribution is 14.1. The molecule has 8 nitrogen and oxygen atoms in total. The molecule has 0 bridgehead atoms. The van der Waals surface area contributed by atoms with E-state index in [2.05, 4.69) is 5.32 Å². The van der Waals surface area contributed by atoms with Crippen molar-refractivity contribution in [1.29, 1.82) is 0 Å². The van der Waals surface area contributed by atoms with Crippen molar-refractivity contribution in [1.82, 2.24) is 5.32 Å². The number of ether oxygens (including phenoxy) is 1. The summed E-state index contributed by atoms with van der Waals surface area (Å²) >= 11 is 5.95. The van der Waals surface area contributed by atoms with Crippen molar-refractivity contribution < 1.29 is 29.3 Å². The Balaban J connectivity index is 3.55. The average molecular weight is 744 g/mol. The van der Waals surface area contributed by atoms with Crippen LogP contribution in [0.25, 0.3) is 0 Å². The second kappa shape index (κ2) is 12.7. The first-order valence-electron chi connectivity index (χ1n) is 8.60. The van der Waals surface area contributed by atoms with Gasteiger partial charge in [-0.3, -0.25) is 14.4 Å². The van der Waals surface area contributed by atoms with Gasteiger partial charge in [0.05, 0.1) is 34.1 Å². The van der Waals surface area contributed by atoms with Crippen molar-refractivity contribution in [2.75, 3.05) is 38.3 Å². The number of aliphatic hydroxyl groups is 2. The number of hydrogen-bond acceptors (Lipinski definition) is 6. The summed E-state index contributed by atoms with van der Waals surface area (Å²) in [4.78, 5) is 38.6. The maximum Gasteiger partial charge on any atom is 0.253 e. The SMILES string of the molecule is COCC(C)CN(C(C)=O)c1c(I)c(C=O)c(I)c(C(=O)NCC(O)CO)c1I. The van der Waals surface area contributed by atoms with E-state index in [9.17, 15) is 19.5 Å². The number of carbonyl (C=O) groups excluding carboxylic acids is 3. The van der Waals surface area contributed by atoms with Crippen LogP contribution in [-0.2, 0) is 9.53 Å². The van der Waals surface area contributed by atoms with Crippen LogP contribution in [0, 0.1) is 16.6 Å². The molecule has 1 aromatic carbocycles. The molecule has 2 atom stereocenters. The third kappa shape index (κ3) is 6.95. The van der Waals surface area contributed by atoms with Gasteiger partial charge in [0.1, 0.15) is 0 Å². The van der Waals surface area contributed by atoms with Crippen molar-refractivity contribution >= 4 is 91.6 Å². The number of rotatable bonds is 10. The van der Waals surface area contributed by atoms with Crippen LogP contribution in [0.5, 0.6) is 0 Å². The van der Waals surface area contributed by atoms with Crippen LogP contribution in [-0.4, -0.2) is 67.8 Å². The van der Waals surface area contributed by atoms with E-state index in [0.29, 0.717) is 41.4 Å². The first-order valence-corrected chi connectivity index (χ1v) is 11.8. The number of benzene rings is 1. The highest BCUT2D eigenvalue weighted by Gasteiger charge is 2.29. The molecule has 2 amide bonds. The fraction of sp³-hybridized carbons (Fsp3) is 0.500. The molecule has 0 saturated carbocycles.